The molecule has 1 aromatic rings. The molecule has 0 atom stereocenters. The lowest BCUT2D eigenvalue weighted by molar-refractivity contribution is 0.245. The second-order valence-corrected chi connectivity index (χ2v) is 4.82. The molecule has 0 saturated heterocycles. The highest BCUT2D eigenvalue weighted by atomic mass is 35.5. The van der Waals surface area contributed by atoms with Crippen LogP contribution >= 0.6 is 22.9 Å². The number of aliphatic hydroxyl groups is 1. The van der Waals surface area contributed by atoms with Crippen molar-refractivity contribution in [1.29, 1.82) is 0 Å². The van der Waals surface area contributed by atoms with Crippen molar-refractivity contribution in [2.75, 3.05) is 20.2 Å². The van der Waals surface area contributed by atoms with E-state index < -0.39 is 0 Å². The Kier molecular flexibility index (Phi) is 4.73. The third-order valence-corrected chi connectivity index (χ3v) is 2.97. The lowest BCUT2D eigenvalue weighted by Gasteiger charge is -2.14. The van der Waals surface area contributed by atoms with Gasteiger partial charge in [0.05, 0.1) is 4.34 Å². The number of thiophene rings is 1. The molecule has 1 rings (SSSR count). The van der Waals surface area contributed by atoms with E-state index in [1.807, 2.05) is 19.2 Å². The Morgan fingerprint density at radius 2 is 2.31 bits per heavy atom. The average molecular weight is 220 g/mol. The number of halogens is 1. The molecule has 0 aliphatic carbocycles. The fourth-order valence-electron chi connectivity index (χ4n) is 1.12. The first kappa shape index (κ1) is 11.0. The van der Waals surface area contributed by atoms with E-state index in [0.29, 0.717) is 0 Å². The van der Waals surface area contributed by atoms with Gasteiger partial charge in [-0.15, -0.1) is 11.3 Å². The molecule has 0 aliphatic heterocycles. The third-order valence-electron chi connectivity index (χ3n) is 1.75. The van der Waals surface area contributed by atoms with E-state index >= 15 is 0 Å². The van der Waals surface area contributed by atoms with Crippen LogP contribution in [-0.4, -0.2) is 30.2 Å². The van der Waals surface area contributed by atoms with Gasteiger partial charge in [0.25, 0.3) is 0 Å². The molecule has 0 fully saturated rings. The molecule has 0 saturated carbocycles. The van der Waals surface area contributed by atoms with Crippen molar-refractivity contribution in [1.82, 2.24) is 4.90 Å². The molecular formula is C9H14ClNOS. The minimum Gasteiger partial charge on any atom is -0.396 e. The summed E-state index contributed by atoms with van der Waals surface area (Å²) in [6.07, 6.45) is 0.829. The van der Waals surface area contributed by atoms with E-state index in [4.69, 9.17) is 16.7 Å². The highest BCUT2D eigenvalue weighted by molar-refractivity contribution is 7.16. The summed E-state index contributed by atoms with van der Waals surface area (Å²) in [6, 6.07) is 3.96. The summed E-state index contributed by atoms with van der Waals surface area (Å²) >= 11 is 7.42. The molecule has 0 aliphatic rings. The molecule has 0 bridgehead atoms. The monoisotopic (exact) mass is 219 g/mol. The molecule has 0 spiro atoms. The van der Waals surface area contributed by atoms with Gasteiger partial charge in [0.15, 0.2) is 0 Å². The van der Waals surface area contributed by atoms with Crippen LogP contribution in [-0.2, 0) is 6.54 Å². The van der Waals surface area contributed by atoms with Gasteiger partial charge in [-0.2, -0.15) is 0 Å². The number of rotatable bonds is 5. The van der Waals surface area contributed by atoms with Crippen LogP contribution in [0.2, 0.25) is 4.34 Å². The van der Waals surface area contributed by atoms with Gasteiger partial charge in [-0.05, 0) is 25.6 Å². The molecular weight excluding hydrogens is 206 g/mol. The summed E-state index contributed by atoms with van der Waals surface area (Å²) in [4.78, 5) is 3.45. The molecule has 2 nitrogen and oxygen atoms in total. The lowest BCUT2D eigenvalue weighted by atomic mass is 10.4. The molecule has 0 amide bonds. The summed E-state index contributed by atoms with van der Waals surface area (Å²) in [6.45, 7) is 2.10. The van der Waals surface area contributed by atoms with E-state index in [0.717, 1.165) is 23.8 Å². The van der Waals surface area contributed by atoms with Crippen molar-refractivity contribution in [3.8, 4) is 0 Å². The summed E-state index contributed by atoms with van der Waals surface area (Å²) < 4.78 is 0.838. The van der Waals surface area contributed by atoms with Crippen molar-refractivity contribution >= 4 is 22.9 Å². The molecule has 0 aromatic carbocycles. The van der Waals surface area contributed by atoms with E-state index in [9.17, 15) is 0 Å². The minimum absolute atomic E-state index is 0.259. The zero-order valence-corrected chi connectivity index (χ0v) is 9.24. The van der Waals surface area contributed by atoms with Crippen molar-refractivity contribution in [2.24, 2.45) is 0 Å². The van der Waals surface area contributed by atoms with Gasteiger partial charge in [-0.3, -0.25) is 0 Å². The Hall–Kier alpha value is -0.0900. The molecule has 1 aromatic heterocycles. The molecule has 1 heterocycles. The average Bonchev–Trinajstić information content (AvgIpc) is 2.48. The van der Waals surface area contributed by atoms with E-state index in [1.54, 1.807) is 11.3 Å². The van der Waals surface area contributed by atoms with Crippen LogP contribution in [0.3, 0.4) is 0 Å². The van der Waals surface area contributed by atoms with Crippen LogP contribution in [0, 0.1) is 0 Å². The van der Waals surface area contributed by atoms with Crippen LogP contribution in [0.25, 0.3) is 0 Å². The van der Waals surface area contributed by atoms with Gasteiger partial charge in [0.1, 0.15) is 0 Å². The quantitative estimate of drug-likeness (QED) is 0.821. The second-order valence-electron chi connectivity index (χ2n) is 3.02. The van der Waals surface area contributed by atoms with Gasteiger partial charge in [0.2, 0.25) is 0 Å². The summed E-state index contributed by atoms with van der Waals surface area (Å²) in [5.74, 6) is 0. The predicted octanol–water partition coefficient (Wildman–Crippen LogP) is 2.22. The highest BCUT2D eigenvalue weighted by Gasteiger charge is 2.02. The number of nitrogens with zero attached hydrogens (tertiary/aromatic N) is 1. The molecule has 0 unspecified atom stereocenters. The number of hydrogen-bond acceptors (Lipinski definition) is 3. The first-order chi connectivity index (χ1) is 6.22. The topological polar surface area (TPSA) is 23.5 Å². The third kappa shape index (κ3) is 4.09. The van der Waals surface area contributed by atoms with Gasteiger partial charge < -0.3 is 10.0 Å². The van der Waals surface area contributed by atoms with Crippen LogP contribution in [0.15, 0.2) is 12.1 Å². The van der Waals surface area contributed by atoms with Crippen molar-refractivity contribution in [3.05, 3.63) is 21.3 Å². The smallest absolute Gasteiger partial charge is 0.0931 e. The summed E-state index contributed by atoms with van der Waals surface area (Å²) in [5, 5.41) is 8.64. The van der Waals surface area contributed by atoms with Gasteiger partial charge >= 0.3 is 0 Å². The maximum atomic E-state index is 8.64. The van der Waals surface area contributed by atoms with Gasteiger partial charge in [-0.1, -0.05) is 11.6 Å². The van der Waals surface area contributed by atoms with Crippen LogP contribution in [0.1, 0.15) is 11.3 Å². The molecule has 0 radical (unpaired) electrons. The Bertz CT molecular complexity index is 252. The van der Waals surface area contributed by atoms with Crippen molar-refractivity contribution in [3.63, 3.8) is 0 Å². The maximum absolute atomic E-state index is 8.64. The van der Waals surface area contributed by atoms with Crippen LogP contribution in [0.4, 0.5) is 0 Å². The first-order valence-corrected chi connectivity index (χ1v) is 5.45. The van der Waals surface area contributed by atoms with Gasteiger partial charge in [0, 0.05) is 24.6 Å². The largest absolute Gasteiger partial charge is 0.396 e. The second kappa shape index (κ2) is 5.60. The SMILES string of the molecule is CN(CCCO)Cc1ccc(Cl)s1. The zero-order chi connectivity index (χ0) is 9.68. The van der Waals surface area contributed by atoms with Gasteiger partial charge in [-0.25, -0.2) is 0 Å². The Morgan fingerprint density at radius 3 is 2.85 bits per heavy atom. The van der Waals surface area contributed by atoms with E-state index in [-0.39, 0.29) is 6.61 Å². The fraction of sp³-hybridized carbons (Fsp3) is 0.556. The van der Waals surface area contributed by atoms with Crippen molar-refractivity contribution in [2.45, 2.75) is 13.0 Å². The fourth-order valence-corrected chi connectivity index (χ4v) is 2.29. The molecule has 4 heteroatoms. The summed E-state index contributed by atoms with van der Waals surface area (Å²) in [7, 11) is 2.04. The zero-order valence-electron chi connectivity index (χ0n) is 7.66. The van der Waals surface area contributed by atoms with Crippen LogP contribution < -0.4 is 0 Å². The molecule has 1 N–H and O–H groups in total. The highest BCUT2D eigenvalue weighted by Crippen LogP contribution is 2.22. The van der Waals surface area contributed by atoms with Crippen LogP contribution in [0.5, 0.6) is 0 Å². The Morgan fingerprint density at radius 1 is 1.54 bits per heavy atom. The van der Waals surface area contributed by atoms with E-state index in [2.05, 4.69) is 4.90 Å². The number of aliphatic hydroxyl groups excluding tert-OH is 1. The number of hydrogen-bond donors (Lipinski definition) is 1. The maximum Gasteiger partial charge on any atom is 0.0931 e. The minimum atomic E-state index is 0.259. The molecule has 13 heavy (non-hydrogen) atoms. The normalized spacial score (nSPS) is 11.1. The molecule has 74 valence electrons. The lowest BCUT2D eigenvalue weighted by Crippen LogP contribution is -2.19. The first-order valence-electron chi connectivity index (χ1n) is 4.26. The Labute approximate surface area is 87.8 Å². The Balaban J connectivity index is 2.31. The van der Waals surface area contributed by atoms with Crippen molar-refractivity contribution < 1.29 is 5.11 Å². The summed E-state index contributed by atoms with van der Waals surface area (Å²) in [5.41, 5.74) is 0. The standard InChI is InChI=1S/C9H14ClNOS/c1-11(5-2-6-12)7-8-3-4-9(10)13-8/h3-4,12H,2,5-7H2,1H3. The van der Waals surface area contributed by atoms with E-state index in [1.165, 1.54) is 4.88 Å². The predicted molar refractivity (Wildman–Crippen MR) is 57.4 cm³/mol.